The van der Waals surface area contributed by atoms with Crippen LogP contribution in [0.3, 0.4) is 0 Å². The third-order valence-corrected chi connectivity index (χ3v) is 3.46. The fraction of sp³-hybridized carbons (Fsp3) is 0.333. The van der Waals surface area contributed by atoms with Crippen LogP contribution >= 0.6 is 0 Å². The lowest BCUT2D eigenvalue weighted by Gasteiger charge is -1.98. The molecule has 2 aromatic heterocycles. The first-order valence-electron chi connectivity index (χ1n) is 6.86. The third kappa shape index (κ3) is 2.38. The van der Waals surface area contributed by atoms with E-state index in [4.69, 9.17) is 9.26 Å². The molecule has 2 heterocycles. The second-order valence-electron chi connectivity index (χ2n) is 4.82. The number of rotatable bonds is 5. The van der Waals surface area contributed by atoms with Crippen LogP contribution in [0.1, 0.15) is 18.4 Å². The molecule has 1 aromatic carbocycles. The molecule has 6 heteroatoms. The van der Waals surface area contributed by atoms with E-state index >= 15 is 0 Å². The number of nitrogens with zero attached hydrogens (tertiary/aromatic N) is 3. The van der Waals surface area contributed by atoms with Crippen LogP contribution in [0.25, 0.3) is 11.0 Å². The summed E-state index contributed by atoms with van der Waals surface area (Å²) < 4.78 is 13.6. The summed E-state index contributed by atoms with van der Waals surface area (Å²) in [7, 11) is 1.60. The van der Waals surface area contributed by atoms with Crippen LogP contribution in [0, 0.1) is 0 Å². The van der Waals surface area contributed by atoms with Gasteiger partial charge in [0.05, 0.1) is 17.6 Å². The van der Waals surface area contributed by atoms with E-state index in [2.05, 4.69) is 5.16 Å². The number of benzene rings is 1. The van der Waals surface area contributed by atoms with Crippen LogP contribution in [-0.4, -0.2) is 21.4 Å². The maximum atomic E-state index is 12.5. The molecule has 3 rings (SSSR count). The number of fused-ring (bicyclic) bond motifs is 1. The summed E-state index contributed by atoms with van der Waals surface area (Å²) in [4.78, 5) is 12.5. The van der Waals surface area contributed by atoms with E-state index in [1.807, 2.05) is 37.3 Å². The average molecular weight is 287 g/mol. The van der Waals surface area contributed by atoms with Crippen LogP contribution in [0.15, 0.2) is 39.6 Å². The number of hydrogen-bond acceptors (Lipinski definition) is 4. The van der Waals surface area contributed by atoms with Gasteiger partial charge < -0.3 is 9.26 Å². The lowest BCUT2D eigenvalue weighted by Crippen LogP contribution is -2.24. The number of methoxy groups -OCH3 is 1. The van der Waals surface area contributed by atoms with Crippen molar-refractivity contribution in [2.45, 2.75) is 26.6 Å². The number of ether oxygens (including phenoxy) is 1. The van der Waals surface area contributed by atoms with Crippen molar-refractivity contribution in [3.63, 3.8) is 0 Å². The molecule has 0 fully saturated rings. The Morgan fingerprint density at radius 1 is 1.24 bits per heavy atom. The van der Waals surface area contributed by atoms with E-state index in [1.165, 1.54) is 0 Å². The summed E-state index contributed by atoms with van der Waals surface area (Å²) in [6, 6.07) is 9.57. The summed E-state index contributed by atoms with van der Waals surface area (Å²) in [6.45, 7) is 3.36. The lowest BCUT2D eigenvalue weighted by molar-refractivity contribution is 0.155. The zero-order valence-corrected chi connectivity index (χ0v) is 12.1. The van der Waals surface area contributed by atoms with Crippen LogP contribution in [-0.2, 0) is 24.4 Å². The van der Waals surface area contributed by atoms with E-state index in [9.17, 15) is 4.79 Å². The van der Waals surface area contributed by atoms with Gasteiger partial charge in [-0.05, 0) is 19.1 Å². The molecule has 3 aromatic rings. The van der Waals surface area contributed by atoms with Crippen molar-refractivity contribution < 1.29 is 9.26 Å². The van der Waals surface area contributed by atoms with Crippen LogP contribution in [0.5, 0.6) is 0 Å². The Morgan fingerprint density at radius 2 is 1.95 bits per heavy atom. The highest BCUT2D eigenvalue weighted by Crippen LogP contribution is 2.14. The highest BCUT2D eigenvalue weighted by molar-refractivity contribution is 5.76. The molecule has 0 unspecified atom stereocenters. The maximum absolute atomic E-state index is 12.5. The normalized spacial score (nSPS) is 11.3. The van der Waals surface area contributed by atoms with E-state index in [0.29, 0.717) is 31.2 Å². The van der Waals surface area contributed by atoms with Crippen LogP contribution < -0.4 is 5.69 Å². The van der Waals surface area contributed by atoms with Gasteiger partial charge in [0, 0.05) is 19.7 Å². The second-order valence-corrected chi connectivity index (χ2v) is 4.82. The van der Waals surface area contributed by atoms with E-state index in [1.54, 1.807) is 16.2 Å². The summed E-state index contributed by atoms with van der Waals surface area (Å²) in [5.41, 5.74) is 2.52. The van der Waals surface area contributed by atoms with E-state index < -0.39 is 0 Å². The minimum absolute atomic E-state index is 0.0324. The summed E-state index contributed by atoms with van der Waals surface area (Å²) >= 11 is 0. The molecule has 0 spiro atoms. The molecule has 6 nitrogen and oxygen atoms in total. The standard InChI is InChI=1S/C15H17N3O3/c1-3-17-13-6-4-5-7-14(13)18(15(17)19)9-11-8-12(10-20-2)21-16-11/h4-8H,3,9-10H2,1-2H3. The SMILES string of the molecule is CCn1c(=O)n(Cc2cc(COC)on2)c2ccccc21. The molecule has 0 aliphatic carbocycles. The molecular weight excluding hydrogens is 270 g/mol. The number of aryl methyl sites for hydroxylation is 1. The fourth-order valence-electron chi connectivity index (χ4n) is 2.53. The average Bonchev–Trinajstić information content (AvgIpc) is 3.04. The molecule has 0 N–H and O–H groups in total. The summed E-state index contributed by atoms with van der Waals surface area (Å²) in [5, 5.41) is 3.99. The van der Waals surface area contributed by atoms with Gasteiger partial charge in [-0.15, -0.1) is 0 Å². The van der Waals surface area contributed by atoms with Crippen molar-refractivity contribution in [1.29, 1.82) is 0 Å². The lowest BCUT2D eigenvalue weighted by atomic mass is 10.3. The number of aromatic nitrogens is 3. The molecule has 0 atom stereocenters. The topological polar surface area (TPSA) is 62.2 Å². The monoisotopic (exact) mass is 287 g/mol. The quantitative estimate of drug-likeness (QED) is 0.720. The third-order valence-electron chi connectivity index (χ3n) is 3.46. The first kappa shape index (κ1) is 13.6. The van der Waals surface area contributed by atoms with Gasteiger partial charge in [-0.3, -0.25) is 9.13 Å². The second kappa shape index (κ2) is 5.57. The van der Waals surface area contributed by atoms with Crippen LogP contribution in [0.2, 0.25) is 0 Å². The molecule has 110 valence electrons. The predicted octanol–water partition coefficient (Wildman–Crippen LogP) is 2.01. The van der Waals surface area contributed by atoms with Crippen molar-refractivity contribution in [3.05, 3.63) is 52.3 Å². The smallest absolute Gasteiger partial charge is 0.329 e. The molecule has 0 aliphatic rings. The van der Waals surface area contributed by atoms with E-state index in [-0.39, 0.29) is 5.69 Å². The summed E-state index contributed by atoms with van der Waals surface area (Å²) in [6.07, 6.45) is 0. The number of imidazole rings is 1. The summed E-state index contributed by atoms with van der Waals surface area (Å²) in [5.74, 6) is 0.653. The van der Waals surface area contributed by atoms with Gasteiger partial charge in [0.25, 0.3) is 0 Å². The van der Waals surface area contributed by atoms with Gasteiger partial charge >= 0.3 is 5.69 Å². The Balaban J connectivity index is 2.03. The minimum Gasteiger partial charge on any atom is -0.377 e. The Morgan fingerprint density at radius 3 is 2.62 bits per heavy atom. The molecule has 0 bridgehead atoms. The molecule has 0 aliphatic heterocycles. The molecule has 0 saturated carbocycles. The Labute approximate surface area is 121 Å². The maximum Gasteiger partial charge on any atom is 0.329 e. The van der Waals surface area contributed by atoms with E-state index in [0.717, 1.165) is 11.0 Å². The van der Waals surface area contributed by atoms with Crippen molar-refractivity contribution in [2.24, 2.45) is 0 Å². The molecule has 0 amide bonds. The van der Waals surface area contributed by atoms with Gasteiger partial charge in [-0.1, -0.05) is 17.3 Å². The van der Waals surface area contributed by atoms with Crippen molar-refractivity contribution in [1.82, 2.24) is 14.3 Å². The molecular formula is C15H17N3O3. The Bertz CT molecular complexity index is 813. The number of hydrogen-bond donors (Lipinski definition) is 0. The Hall–Kier alpha value is -2.34. The highest BCUT2D eigenvalue weighted by atomic mass is 16.5. The molecule has 0 saturated heterocycles. The molecule has 0 radical (unpaired) electrons. The first-order valence-corrected chi connectivity index (χ1v) is 6.86. The molecule has 21 heavy (non-hydrogen) atoms. The minimum atomic E-state index is -0.0324. The zero-order chi connectivity index (χ0) is 14.8. The van der Waals surface area contributed by atoms with Crippen molar-refractivity contribution in [3.8, 4) is 0 Å². The van der Waals surface area contributed by atoms with Gasteiger partial charge in [-0.25, -0.2) is 4.79 Å². The van der Waals surface area contributed by atoms with Crippen LogP contribution in [0.4, 0.5) is 0 Å². The largest absolute Gasteiger partial charge is 0.377 e. The Kier molecular flexibility index (Phi) is 3.62. The van der Waals surface area contributed by atoms with Gasteiger partial charge in [-0.2, -0.15) is 0 Å². The van der Waals surface area contributed by atoms with Crippen molar-refractivity contribution in [2.75, 3.05) is 7.11 Å². The number of para-hydroxylation sites is 2. The highest BCUT2D eigenvalue weighted by Gasteiger charge is 2.13. The first-order chi connectivity index (χ1) is 10.2. The predicted molar refractivity (Wildman–Crippen MR) is 78.2 cm³/mol. The fourth-order valence-corrected chi connectivity index (χ4v) is 2.53. The van der Waals surface area contributed by atoms with Gasteiger partial charge in [0.15, 0.2) is 5.76 Å². The van der Waals surface area contributed by atoms with Gasteiger partial charge in [0.1, 0.15) is 12.3 Å². The van der Waals surface area contributed by atoms with Crippen molar-refractivity contribution >= 4 is 11.0 Å². The van der Waals surface area contributed by atoms with Gasteiger partial charge in [0.2, 0.25) is 0 Å². The zero-order valence-electron chi connectivity index (χ0n) is 12.1.